The molecule has 1 rings (SSSR count). The molecule has 0 aliphatic carbocycles. The van der Waals surface area contributed by atoms with Gasteiger partial charge in [-0.15, -0.1) is 0 Å². The third-order valence-corrected chi connectivity index (χ3v) is 2.73. The van der Waals surface area contributed by atoms with E-state index in [1.54, 1.807) is 6.92 Å². The van der Waals surface area contributed by atoms with E-state index in [4.69, 9.17) is 0 Å². The fraction of sp³-hybridized carbons (Fsp3) is 0.889. The van der Waals surface area contributed by atoms with Crippen molar-refractivity contribution in [2.24, 2.45) is 5.92 Å². The Morgan fingerprint density at radius 3 is 2.75 bits per heavy atom. The molecule has 3 nitrogen and oxygen atoms in total. The van der Waals surface area contributed by atoms with Crippen LogP contribution < -0.4 is 10.6 Å². The normalized spacial score (nSPS) is 36.1. The van der Waals surface area contributed by atoms with Crippen LogP contribution in [0.5, 0.6) is 0 Å². The van der Waals surface area contributed by atoms with Gasteiger partial charge in [-0.1, -0.05) is 6.92 Å². The summed E-state index contributed by atoms with van der Waals surface area (Å²) in [5.74, 6) is 0.614. The second-order valence-electron chi connectivity index (χ2n) is 3.70. The number of carbonyl (C=O) groups is 1. The number of hydrogen-bond donors (Lipinski definition) is 2. The molecular weight excluding hydrogens is 152 g/mol. The molecule has 0 bridgehead atoms. The van der Waals surface area contributed by atoms with Crippen molar-refractivity contribution < 1.29 is 4.79 Å². The first-order valence-electron chi connectivity index (χ1n) is 4.61. The zero-order valence-corrected chi connectivity index (χ0v) is 8.05. The smallest absolute Gasteiger partial charge is 0.217 e. The predicted molar refractivity (Wildman–Crippen MR) is 48.9 cm³/mol. The summed E-state index contributed by atoms with van der Waals surface area (Å²) < 4.78 is 0. The maximum absolute atomic E-state index is 10.8. The second-order valence-corrected chi connectivity index (χ2v) is 3.70. The summed E-state index contributed by atoms with van der Waals surface area (Å²) in [6.45, 7) is 6.94. The fourth-order valence-corrected chi connectivity index (χ4v) is 1.73. The number of piperidine rings is 1. The highest BCUT2D eigenvalue weighted by Gasteiger charge is 2.26. The van der Waals surface area contributed by atoms with E-state index in [1.807, 2.05) is 0 Å². The Morgan fingerprint density at radius 1 is 1.50 bits per heavy atom. The zero-order chi connectivity index (χ0) is 9.14. The summed E-state index contributed by atoms with van der Waals surface area (Å²) in [7, 11) is 0. The van der Waals surface area contributed by atoms with Gasteiger partial charge in [0.1, 0.15) is 0 Å². The van der Waals surface area contributed by atoms with Crippen molar-refractivity contribution in [3.63, 3.8) is 0 Å². The van der Waals surface area contributed by atoms with Crippen molar-refractivity contribution >= 4 is 5.91 Å². The van der Waals surface area contributed by atoms with Crippen LogP contribution in [0.25, 0.3) is 0 Å². The van der Waals surface area contributed by atoms with Gasteiger partial charge in [0.2, 0.25) is 5.91 Å². The van der Waals surface area contributed by atoms with Gasteiger partial charge in [0.15, 0.2) is 0 Å². The predicted octanol–water partition coefficient (Wildman–Crippen LogP) is 0.509. The second kappa shape index (κ2) is 3.90. The van der Waals surface area contributed by atoms with Crippen LogP contribution in [-0.4, -0.2) is 24.5 Å². The molecule has 0 aromatic carbocycles. The van der Waals surface area contributed by atoms with E-state index in [-0.39, 0.29) is 5.91 Å². The molecule has 0 spiro atoms. The molecule has 12 heavy (non-hydrogen) atoms. The van der Waals surface area contributed by atoms with Crippen LogP contribution in [0.4, 0.5) is 0 Å². The van der Waals surface area contributed by atoms with Crippen LogP contribution >= 0.6 is 0 Å². The SMILES string of the molecule is CC(=O)NC1CCNC(C)C1C. The molecule has 1 fully saturated rings. The topological polar surface area (TPSA) is 41.1 Å². The van der Waals surface area contributed by atoms with Crippen LogP contribution in [0.3, 0.4) is 0 Å². The van der Waals surface area contributed by atoms with E-state index >= 15 is 0 Å². The lowest BCUT2D eigenvalue weighted by atomic mass is 9.89. The number of amides is 1. The van der Waals surface area contributed by atoms with Crippen molar-refractivity contribution in [2.75, 3.05) is 6.54 Å². The largest absolute Gasteiger partial charge is 0.353 e. The van der Waals surface area contributed by atoms with Gasteiger partial charge >= 0.3 is 0 Å². The quantitative estimate of drug-likeness (QED) is 0.602. The molecule has 0 radical (unpaired) electrons. The molecule has 0 aromatic rings. The van der Waals surface area contributed by atoms with Crippen molar-refractivity contribution in [3.05, 3.63) is 0 Å². The molecule has 3 unspecified atom stereocenters. The van der Waals surface area contributed by atoms with E-state index < -0.39 is 0 Å². The number of carbonyl (C=O) groups excluding carboxylic acids is 1. The van der Waals surface area contributed by atoms with Gasteiger partial charge in [0.05, 0.1) is 0 Å². The van der Waals surface area contributed by atoms with Gasteiger partial charge in [-0.25, -0.2) is 0 Å². The summed E-state index contributed by atoms with van der Waals surface area (Å²) in [4.78, 5) is 10.8. The maximum atomic E-state index is 10.8. The van der Waals surface area contributed by atoms with Crippen molar-refractivity contribution in [1.29, 1.82) is 0 Å². The minimum absolute atomic E-state index is 0.0842. The zero-order valence-electron chi connectivity index (χ0n) is 8.05. The maximum Gasteiger partial charge on any atom is 0.217 e. The van der Waals surface area contributed by atoms with Crippen molar-refractivity contribution in [2.45, 2.75) is 39.3 Å². The molecule has 0 saturated carbocycles. The first-order chi connectivity index (χ1) is 5.61. The molecule has 1 aliphatic heterocycles. The molecular formula is C9H18N2O. The Bertz CT molecular complexity index is 170. The monoisotopic (exact) mass is 170 g/mol. The molecule has 0 aromatic heterocycles. The van der Waals surface area contributed by atoms with Crippen molar-refractivity contribution in [3.8, 4) is 0 Å². The summed E-state index contributed by atoms with van der Waals surface area (Å²) in [6.07, 6.45) is 1.05. The third-order valence-electron chi connectivity index (χ3n) is 2.73. The lowest BCUT2D eigenvalue weighted by molar-refractivity contribution is -0.120. The van der Waals surface area contributed by atoms with Gasteiger partial charge < -0.3 is 10.6 Å². The van der Waals surface area contributed by atoms with Crippen LogP contribution in [0.15, 0.2) is 0 Å². The van der Waals surface area contributed by atoms with Crippen LogP contribution in [0.2, 0.25) is 0 Å². The van der Waals surface area contributed by atoms with E-state index in [9.17, 15) is 4.79 Å². The summed E-state index contributed by atoms with van der Waals surface area (Å²) in [5.41, 5.74) is 0. The van der Waals surface area contributed by atoms with Gasteiger partial charge in [0.25, 0.3) is 0 Å². The Morgan fingerprint density at radius 2 is 2.17 bits per heavy atom. The molecule has 3 atom stereocenters. The molecule has 70 valence electrons. The number of rotatable bonds is 1. The lowest BCUT2D eigenvalue weighted by Crippen LogP contribution is -2.52. The Kier molecular flexibility index (Phi) is 3.09. The van der Waals surface area contributed by atoms with E-state index in [0.717, 1.165) is 13.0 Å². The minimum atomic E-state index is 0.0842. The Hall–Kier alpha value is -0.570. The summed E-state index contributed by atoms with van der Waals surface area (Å²) in [6, 6.07) is 0.870. The van der Waals surface area contributed by atoms with Crippen LogP contribution in [0.1, 0.15) is 27.2 Å². The van der Waals surface area contributed by atoms with E-state index in [2.05, 4.69) is 24.5 Å². The average molecular weight is 170 g/mol. The van der Waals surface area contributed by atoms with Gasteiger partial charge in [-0.05, 0) is 25.8 Å². The lowest BCUT2D eigenvalue weighted by Gasteiger charge is -2.35. The Balaban J connectivity index is 2.46. The van der Waals surface area contributed by atoms with Crippen molar-refractivity contribution in [1.82, 2.24) is 10.6 Å². The number of hydrogen-bond acceptors (Lipinski definition) is 2. The first kappa shape index (κ1) is 9.52. The summed E-state index contributed by atoms with van der Waals surface area (Å²) >= 11 is 0. The minimum Gasteiger partial charge on any atom is -0.353 e. The number of nitrogens with one attached hydrogen (secondary N) is 2. The molecule has 1 aliphatic rings. The average Bonchev–Trinajstić information content (AvgIpc) is 1.98. The van der Waals surface area contributed by atoms with Gasteiger partial charge in [0, 0.05) is 19.0 Å². The van der Waals surface area contributed by atoms with E-state index in [1.165, 1.54) is 0 Å². The van der Waals surface area contributed by atoms with E-state index in [0.29, 0.717) is 18.0 Å². The molecule has 1 amide bonds. The molecule has 2 N–H and O–H groups in total. The molecule has 1 saturated heterocycles. The highest BCUT2D eigenvalue weighted by molar-refractivity contribution is 5.73. The molecule has 3 heteroatoms. The summed E-state index contributed by atoms with van der Waals surface area (Å²) in [5, 5.41) is 6.37. The highest BCUT2D eigenvalue weighted by atomic mass is 16.1. The first-order valence-corrected chi connectivity index (χ1v) is 4.61. The van der Waals surface area contributed by atoms with Crippen LogP contribution in [0, 0.1) is 5.92 Å². The third kappa shape index (κ3) is 2.21. The van der Waals surface area contributed by atoms with Gasteiger partial charge in [-0.2, -0.15) is 0 Å². The highest BCUT2D eigenvalue weighted by Crippen LogP contribution is 2.15. The standard InChI is InChI=1S/C9H18N2O/c1-6-7(2)10-5-4-9(6)11-8(3)12/h6-7,9-10H,4-5H2,1-3H3,(H,11,12). The van der Waals surface area contributed by atoms with Crippen LogP contribution in [-0.2, 0) is 4.79 Å². The Labute approximate surface area is 73.9 Å². The molecule has 1 heterocycles. The fourth-order valence-electron chi connectivity index (χ4n) is 1.73. The van der Waals surface area contributed by atoms with Gasteiger partial charge in [-0.3, -0.25) is 4.79 Å².